The molecule has 1 aromatic rings. The summed E-state index contributed by atoms with van der Waals surface area (Å²) in [6, 6.07) is 5.84. The van der Waals surface area contributed by atoms with Crippen molar-refractivity contribution in [2.75, 3.05) is 41.9 Å². The average Bonchev–Trinajstić information content (AvgIpc) is 2.87. The number of rotatable bonds is 20. The van der Waals surface area contributed by atoms with E-state index in [4.69, 9.17) is 26.9 Å². The highest BCUT2D eigenvalue weighted by Gasteiger charge is 2.23. The van der Waals surface area contributed by atoms with Gasteiger partial charge >= 0.3 is 17.9 Å². The molecule has 0 saturated heterocycles. The van der Waals surface area contributed by atoms with Gasteiger partial charge in [-0.25, -0.2) is 4.79 Å². The number of aryl methyl sites for hydroxylation is 1. The molecule has 0 fully saturated rings. The molecule has 2 amide bonds. The molecule has 0 aliphatic heterocycles. The van der Waals surface area contributed by atoms with Crippen LogP contribution in [0.4, 0.5) is 5.69 Å². The molecular weight excluding hydrogens is 540 g/mol. The molecule has 38 heavy (non-hydrogen) atoms. The Balaban J connectivity index is 2.67. The van der Waals surface area contributed by atoms with E-state index in [9.17, 15) is 24.0 Å². The maximum Gasteiger partial charge on any atom is 0.362 e. The Morgan fingerprint density at radius 1 is 1.00 bits per heavy atom. The third kappa shape index (κ3) is 14.1. The van der Waals surface area contributed by atoms with Gasteiger partial charge in [0, 0.05) is 55.4 Å². The van der Waals surface area contributed by atoms with Crippen LogP contribution in [-0.4, -0.2) is 94.1 Å². The Morgan fingerprint density at radius 2 is 1.68 bits per heavy atom. The summed E-state index contributed by atoms with van der Waals surface area (Å²) >= 11 is 7.37. The van der Waals surface area contributed by atoms with Gasteiger partial charge < -0.3 is 36.6 Å². The molecule has 2 atom stereocenters. The Labute approximate surface area is 230 Å². The van der Waals surface area contributed by atoms with Gasteiger partial charge in [0.15, 0.2) is 6.04 Å². The number of amides is 2. The Kier molecular flexibility index (Phi) is 15.9. The zero-order chi connectivity index (χ0) is 28.5. The number of benzene rings is 1. The number of aliphatic carboxylic acids is 3. The highest BCUT2D eigenvalue weighted by atomic mass is 35.5. The molecule has 0 unspecified atom stereocenters. The number of nitrogens with zero attached hydrogens (tertiary/aromatic N) is 1. The number of carbonyl (C=O) groups is 5. The quantitative estimate of drug-likeness (QED) is 0.0909. The van der Waals surface area contributed by atoms with Gasteiger partial charge in [0.25, 0.3) is 0 Å². The Morgan fingerprint density at radius 3 is 2.26 bits per heavy atom. The largest absolute Gasteiger partial charge is 0.481 e. The van der Waals surface area contributed by atoms with E-state index in [1.54, 1.807) is 0 Å². The molecule has 0 aliphatic rings. The SMILES string of the molecule is [NH3+][C@@H](CCC(=O)N[C@@H](CSCCN(CCCl)c1ccc(CCCC(=O)O)cc1)C(=O)NCC(=O)O)C(=O)O. The van der Waals surface area contributed by atoms with Crippen LogP contribution >= 0.6 is 23.4 Å². The number of nitrogens with one attached hydrogen (secondary N) is 2. The van der Waals surface area contributed by atoms with Crippen molar-refractivity contribution in [3.8, 4) is 0 Å². The van der Waals surface area contributed by atoms with Crippen molar-refractivity contribution in [3.05, 3.63) is 29.8 Å². The number of quaternary nitrogens is 1. The van der Waals surface area contributed by atoms with Crippen LogP contribution in [0, 0.1) is 0 Å². The number of carbonyl (C=O) groups excluding carboxylic acids is 2. The number of hydrogen-bond acceptors (Lipinski definition) is 7. The molecule has 14 heteroatoms. The molecule has 212 valence electrons. The minimum absolute atomic E-state index is 0.00348. The summed E-state index contributed by atoms with van der Waals surface area (Å²) in [6.45, 7) is 0.579. The lowest BCUT2D eigenvalue weighted by Crippen LogP contribution is -2.65. The number of alkyl halides is 1. The van der Waals surface area contributed by atoms with Gasteiger partial charge in [-0.1, -0.05) is 12.1 Å². The summed E-state index contributed by atoms with van der Waals surface area (Å²) < 4.78 is 0. The maximum absolute atomic E-state index is 12.5. The van der Waals surface area contributed by atoms with Crippen molar-refractivity contribution in [3.63, 3.8) is 0 Å². The van der Waals surface area contributed by atoms with Crippen LogP contribution < -0.4 is 21.3 Å². The van der Waals surface area contributed by atoms with Gasteiger partial charge in [-0.2, -0.15) is 11.8 Å². The minimum Gasteiger partial charge on any atom is -0.481 e. The molecule has 0 saturated carbocycles. The monoisotopic (exact) mass is 575 g/mol. The van der Waals surface area contributed by atoms with Crippen LogP contribution in [0.2, 0.25) is 0 Å². The van der Waals surface area contributed by atoms with Gasteiger partial charge in [-0.05, 0) is 30.5 Å². The molecule has 0 heterocycles. The molecule has 0 radical (unpaired) electrons. The van der Waals surface area contributed by atoms with E-state index in [0.717, 1.165) is 11.3 Å². The molecular formula is C24H36ClN4O8S+. The number of anilines is 1. The number of carboxylic acids is 3. The van der Waals surface area contributed by atoms with Crippen molar-refractivity contribution in [1.29, 1.82) is 0 Å². The smallest absolute Gasteiger partial charge is 0.362 e. The zero-order valence-corrected chi connectivity index (χ0v) is 22.6. The first-order valence-corrected chi connectivity index (χ1v) is 13.8. The summed E-state index contributed by atoms with van der Waals surface area (Å²) in [7, 11) is 0. The standard InChI is InChI=1S/C24H35ClN4O8S/c25-10-11-29(17-6-4-16(5-7-17)2-1-3-21(31)32)12-13-38-15-19(23(35)27-14-22(33)34)28-20(30)9-8-18(26)24(36)37/h4-7,18-19H,1-3,8-15,26H2,(H,27,35)(H,28,30)(H,31,32)(H,33,34)(H,36,37)/p+1/t18-,19-/m0/s1. The molecule has 1 aromatic carbocycles. The highest BCUT2D eigenvalue weighted by Crippen LogP contribution is 2.18. The lowest BCUT2D eigenvalue weighted by atomic mass is 10.1. The Hall–Kier alpha value is -3.03. The molecule has 8 N–H and O–H groups in total. The summed E-state index contributed by atoms with van der Waals surface area (Å²) in [4.78, 5) is 59.2. The molecule has 0 aliphatic carbocycles. The number of carboxylic acid groups (broad SMARTS) is 3. The fourth-order valence-corrected chi connectivity index (χ4v) is 4.52. The van der Waals surface area contributed by atoms with E-state index in [2.05, 4.69) is 21.3 Å². The third-order valence-electron chi connectivity index (χ3n) is 5.44. The highest BCUT2D eigenvalue weighted by molar-refractivity contribution is 7.99. The van der Waals surface area contributed by atoms with Gasteiger partial charge in [0.05, 0.1) is 0 Å². The van der Waals surface area contributed by atoms with Crippen LogP contribution in [0.25, 0.3) is 0 Å². The lowest BCUT2D eigenvalue weighted by Gasteiger charge is -2.24. The number of thioether (sulfide) groups is 1. The van der Waals surface area contributed by atoms with Crippen molar-refractivity contribution in [2.24, 2.45) is 0 Å². The maximum atomic E-state index is 12.5. The average molecular weight is 576 g/mol. The summed E-state index contributed by atoms with van der Waals surface area (Å²) in [5.41, 5.74) is 5.43. The second-order valence-corrected chi connectivity index (χ2v) is 10.00. The van der Waals surface area contributed by atoms with E-state index < -0.39 is 48.4 Å². The number of hydrogen-bond donors (Lipinski definition) is 6. The second-order valence-electron chi connectivity index (χ2n) is 8.47. The molecule has 1 rings (SSSR count). The predicted octanol–water partition coefficient (Wildman–Crippen LogP) is 0.0332. The van der Waals surface area contributed by atoms with Crippen molar-refractivity contribution in [2.45, 2.75) is 44.2 Å². The van der Waals surface area contributed by atoms with Crippen LogP contribution in [0.3, 0.4) is 0 Å². The molecule has 12 nitrogen and oxygen atoms in total. The van der Waals surface area contributed by atoms with Crippen molar-refractivity contribution in [1.82, 2.24) is 10.6 Å². The normalized spacial score (nSPS) is 12.3. The lowest BCUT2D eigenvalue weighted by molar-refractivity contribution is -0.408. The first-order valence-electron chi connectivity index (χ1n) is 12.1. The van der Waals surface area contributed by atoms with Gasteiger partial charge in [0.1, 0.15) is 12.6 Å². The van der Waals surface area contributed by atoms with E-state index in [1.807, 2.05) is 24.3 Å². The topological polar surface area (TPSA) is 201 Å². The van der Waals surface area contributed by atoms with Gasteiger partial charge in [-0.15, -0.1) is 11.6 Å². The van der Waals surface area contributed by atoms with Crippen LogP contribution in [0.1, 0.15) is 31.2 Å². The van der Waals surface area contributed by atoms with E-state index in [-0.39, 0.29) is 25.0 Å². The van der Waals surface area contributed by atoms with Crippen LogP contribution in [0.5, 0.6) is 0 Å². The fraction of sp³-hybridized carbons (Fsp3) is 0.542. The van der Waals surface area contributed by atoms with Gasteiger partial charge in [-0.3, -0.25) is 19.2 Å². The van der Waals surface area contributed by atoms with Gasteiger partial charge in [0.2, 0.25) is 11.8 Å². The second kappa shape index (κ2) is 18.3. The first-order chi connectivity index (χ1) is 18.0. The van der Waals surface area contributed by atoms with Crippen molar-refractivity contribution < 1.29 is 45.0 Å². The molecule has 0 spiro atoms. The van der Waals surface area contributed by atoms with Crippen LogP contribution in [0.15, 0.2) is 24.3 Å². The fourth-order valence-electron chi connectivity index (χ4n) is 3.33. The number of halogens is 1. The molecule has 0 bridgehead atoms. The first kappa shape index (κ1) is 33.0. The molecule has 0 aromatic heterocycles. The third-order valence-corrected chi connectivity index (χ3v) is 6.65. The van der Waals surface area contributed by atoms with Crippen molar-refractivity contribution >= 4 is 58.8 Å². The Bertz CT molecular complexity index is 935. The van der Waals surface area contributed by atoms with E-state index in [0.29, 0.717) is 37.6 Å². The summed E-state index contributed by atoms with van der Waals surface area (Å²) in [5, 5.41) is 31.3. The van der Waals surface area contributed by atoms with Crippen LogP contribution in [-0.2, 0) is 30.4 Å². The zero-order valence-electron chi connectivity index (χ0n) is 21.1. The van der Waals surface area contributed by atoms with E-state index >= 15 is 0 Å². The predicted molar refractivity (Wildman–Crippen MR) is 143 cm³/mol. The minimum atomic E-state index is -1.22. The van der Waals surface area contributed by atoms with E-state index in [1.165, 1.54) is 11.8 Å². The summed E-state index contributed by atoms with van der Waals surface area (Å²) in [5.74, 6) is -3.18. The summed E-state index contributed by atoms with van der Waals surface area (Å²) in [6.07, 6.45) is 1.21.